The smallest absolute Gasteiger partial charge is 0.160 e. The van der Waals surface area contributed by atoms with Gasteiger partial charge < -0.3 is 4.57 Å². The summed E-state index contributed by atoms with van der Waals surface area (Å²) in [4.78, 5) is 10.5. The predicted molar refractivity (Wildman–Crippen MR) is 213 cm³/mol. The van der Waals surface area contributed by atoms with Crippen LogP contribution in [0.5, 0.6) is 0 Å². The minimum atomic E-state index is 0.715. The maximum Gasteiger partial charge on any atom is 0.160 e. The van der Waals surface area contributed by atoms with Crippen molar-refractivity contribution in [3.63, 3.8) is 0 Å². The molecule has 0 saturated heterocycles. The molecule has 0 N–H and O–H groups in total. The van der Waals surface area contributed by atoms with Crippen LogP contribution in [0.1, 0.15) is 0 Å². The fraction of sp³-hybridized carbons (Fsp3) is 0. The van der Waals surface area contributed by atoms with Gasteiger partial charge in [0.1, 0.15) is 0 Å². The molecule has 4 heteroatoms. The molecule has 0 saturated carbocycles. The van der Waals surface area contributed by atoms with Gasteiger partial charge >= 0.3 is 0 Å². The number of para-hydroxylation sites is 1. The monoisotopic (exact) mass is 653 g/mol. The van der Waals surface area contributed by atoms with Crippen molar-refractivity contribution in [2.24, 2.45) is 0 Å². The standard InChI is InChI=1S/C46H27N3S/c1-3-14-33-28(10-1)20-23-39-43(33)44-34-15-4-2-11-29(34)21-24-40(44)49(39)32-13-9-12-31(26-32)46-47-38-18-7-5-17-36(38)45(48-46)30-22-25-42-37(27-30)35-16-6-8-19-41(35)50-42/h1-27H. The second-order valence-corrected chi connectivity index (χ2v) is 14.1. The predicted octanol–water partition coefficient (Wildman–Crippen LogP) is 12.7. The Balaban J connectivity index is 1.15. The molecule has 50 heavy (non-hydrogen) atoms. The van der Waals surface area contributed by atoms with Crippen molar-refractivity contribution in [1.29, 1.82) is 0 Å². The van der Waals surface area contributed by atoms with Crippen LogP contribution in [0.15, 0.2) is 164 Å². The van der Waals surface area contributed by atoms with Crippen LogP contribution in [0.3, 0.4) is 0 Å². The Morgan fingerprint density at radius 2 is 1.06 bits per heavy atom. The van der Waals surface area contributed by atoms with Crippen LogP contribution in [0.2, 0.25) is 0 Å². The quantitative estimate of drug-likeness (QED) is 0.190. The molecule has 232 valence electrons. The summed E-state index contributed by atoms with van der Waals surface area (Å²) in [7, 11) is 0. The second-order valence-electron chi connectivity index (χ2n) is 13.0. The Labute approximate surface area is 291 Å². The van der Waals surface area contributed by atoms with Crippen molar-refractivity contribution in [1.82, 2.24) is 14.5 Å². The van der Waals surface area contributed by atoms with Crippen molar-refractivity contribution in [2.45, 2.75) is 0 Å². The van der Waals surface area contributed by atoms with Crippen LogP contribution in [-0.2, 0) is 0 Å². The topological polar surface area (TPSA) is 30.7 Å². The van der Waals surface area contributed by atoms with Crippen LogP contribution < -0.4 is 0 Å². The Bertz CT molecular complexity index is 3070. The molecule has 0 amide bonds. The zero-order valence-corrected chi connectivity index (χ0v) is 27.7. The van der Waals surface area contributed by atoms with Gasteiger partial charge in [0.05, 0.1) is 22.2 Å². The molecule has 3 heterocycles. The van der Waals surface area contributed by atoms with E-state index in [9.17, 15) is 0 Å². The highest BCUT2D eigenvalue weighted by Crippen LogP contribution is 2.42. The highest BCUT2D eigenvalue weighted by molar-refractivity contribution is 7.25. The van der Waals surface area contributed by atoms with Crippen LogP contribution in [0.25, 0.3) is 103 Å². The minimum absolute atomic E-state index is 0.715. The summed E-state index contributed by atoms with van der Waals surface area (Å²) >= 11 is 1.84. The van der Waals surface area contributed by atoms with Crippen molar-refractivity contribution in [3.05, 3.63) is 164 Å². The number of thiophene rings is 1. The zero-order chi connectivity index (χ0) is 32.8. The van der Waals surface area contributed by atoms with Gasteiger partial charge in [0.25, 0.3) is 0 Å². The summed E-state index contributed by atoms with van der Waals surface area (Å²) in [5.41, 5.74) is 7.40. The molecule has 0 bridgehead atoms. The van der Waals surface area contributed by atoms with E-state index in [1.165, 1.54) is 63.5 Å². The summed E-state index contributed by atoms with van der Waals surface area (Å²) in [6.07, 6.45) is 0. The van der Waals surface area contributed by atoms with Crippen LogP contribution in [0, 0.1) is 0 Å². The molecule has 0 aliphatic rings. The number of fused-ring (bicyclic) bond motifs is 11. The van der Waals surface area contributed by atoms with E-state index in [0.29, 0.717) is 5.82 Å². The molecule has 8 aromatic carbocycles. The number of aromatic nitrogens is 3. The molecule has 0 aliphatic carbocycles. The van der Waals surface area contributed by atoms with E-state index in [0.717, 1.165) is 33.4 Å². The molecule has 0 fully saturated rings. The lowest BCUT2D eigenvalue weighted by molar-refractivity contribution is 1.17. The van der Waals surface area contributed by atoms with Crippen LogP contribution >= 0.6 is 11.3 Å². The summed E-state index contributed by atoms with van der Waals surface area (Å²) in [6, 6.07) is 58.9. The van der Waals surface area contributed by atoms with Gasteiger partial charge in [-0.3, -0.25) is 0 Å². The Morgan fingerprint density at radius 1 is 0.420 bits per heavy atom. The number of hydrogen-bond donors (Lipinski definition) is 0. The van der Waals surface area contributed by atoms with Crippen molar-refractivity contribution in [2.75, 3.05) is 0 Å². The van der Waals surface area contributed by atoms with Gasteiger partial charge in [0.15, 0.2) is 5.82 Å². The fourth-order valence-corrected chi connectivity index (χ4v) is 9.00. The van der Waals surface area contributed by atoms with E-state index >= 15 is 0 Å². The Hall–Kier alpha value is -6.36. The zero-order valence-electron chi connectivity index (χ0n) is 26.8. The first-order valence-electron chi connectivity index (χ1n) is 16.9. The summed E-state index contributed by atoms with van der Waals surface area (Å²) in [5.74, 6) is 0.715. The van der Waals surface area contributed by atoms with Crippen molar-refractivity contribution < 1.29 is 0 Å². The fourth-order valence-electron chi connectivity index (χ4n) is 7.91. The molecule has 0 unspecified atom stereocenters. The molecule has 3 nitrogen and oxygen atoms in total. The Morgan fingerprint density at radius 3 is 1.82 bits per heavy atom. The van der Waals surface area contributed by atoms with Crippen LogP contribution in [0.4, 0.5) is 0 Å². The minimum Gasteiger partial charge on any atom is -0.309 e. The van der Waals surface area contributed by atoms with E-state index in [2.05, 4.69) is 168 Å². The highest BCUT2D eigenvalue weighted by atomic mass is 32.1. The van der Waals surface area contributed by atoms with E-state index in [1.54, 1.807) is 0 Å². The normalized spacial score (nSPS) is 12.0. The Kier molecular flexibility index (Phi) is 5.83. The average Bonchev–Trinajstić information content (AvgIpc) is 3.73. The summed E-state index contributed by atoms with van der Waals surface area (Å²) < 4.78 is 4.99. The third kappa shape index (κ3) is 4.03. The van der Waals surface area contributed by atoms with Gasteiger partial charge in [-0.05, 0) is 70.1 Å². The molecule has 0 radical (unpaired) electrons. The van der Waals surface area contributed by atoms with Gasteiger partial charge in [0.2, 0.25) is 0 Å². The summed E-state index contributed by atoms with van der Waals surface area (Å²) in [6.45, 7) is 0. The van der Waals surface area contributed by atoms with Crippen molar-refractivity contribution >= 4 is 85.8 Å². The molecule has 11 rings (SSSR count). The molecule has 0 spiro atoms. The number of nitrogens with zero attached hydrogens (tertiary/aromatic N) is 3. The van der Waals surface area contributed by atoms with Crippen molar-refractivity contribution in [3.8, 4) is 28.3 Å². The van der Waals surface area contributed by atoms with E-state index in [1.807, 2.05) is 11.3 Å². The third-order valence-electron chi connectivity index (χ3n) is 10.2. The van der Waals surface area contributed by atoms with Gasteiger partial charge in [-0.15, -0.1) is 11.3 Å². The maximum atomic E-state index is 5.32. The molecular formula is C46H27N3S. The molecular weight excluding hydrogens is 627 g/mol. The second kappa shape index (κ2) is 10.6. The van der Waals surface area contributed by atoms with E-state index < -0.39 is 0 Å². The first kappa shape index (κ1) is 27.6. The highest BCUT2D eigenvalue weighted by Gasteiger charge is 2.19. The molecule has 0 aliphatic heterocycles. The van der Waals surface area contributed by atoms with E-state index in [-0.39, 0.29) is 0 Å². The number of benzene rings is 8. The van der Waals surface area contributed by atoms with Crippen LogP contribution in [-0.4, -0.2) is 14.5 Å². The van der Waals surface area contributed by atoms with E-state index in [4.69, 9.17) is 9.97 Å². The number of hydrogen-bond acceptors (Lipinski definition) is 3. The third-order valence-corrected chi connectivity index (χ3v) is 11.3. The molecule has 0 atom stereocenters. The first-order chi connectivity index (χ1) is 24.8. The number of rotatable bonds is 3. The largest absolute Gasteiger partial charge is 0.309 e. The lowest BCUT2D eigenvalue weighted by atomic mass is 10.00. The van der Waals surface area contributed by atoms with Gasteiger partial charge in [-0.25, -0.2) is 9.97 Å². The van der Waals surface area contributed by atoms with Gasteiger partial charge in [0, 0.05) is 53.1 Å². The molecule has 3 aromatic heterocycles. The molecule has 11 aromatic rings. The summed E-state index contributed by atoms with van der Waals surface area (Å²) in [5, 5.41) is 11.2. The van der Waals surface area contributed by atoms with Gasteiger partial charge in [-0.2, -0.15) is 0 Å². The first-order valence-corrected chi connectivity index (χ1v) is 17.7. The SMILES string of the molecule is c1cc(-c2nc(-c3ccc4sc5ccccc5c4c3)c3ccccc3n2)cc(-n2c3ccc4ccccc4c3c3c4ccccc4ccc32)c1. The lowest BCUT2D eigenvalue weighted by Gasteiger charge is -2.12. The lowest BCUT2D eigenvalue weighted by Crippen LogP contribution is -1.98. The average molecular weight is 654 g/mol. The maximum absolute atomic E-state index is 5.32. The van der Waals surface area contributed by atoms with Gasteiger partial charge in [-0.1, -0.05) is 115 Å².